The summed E-state index contributed by atoms with van der Waals surface area (Å²) in [4.78, 5) is 24.5. The van der Waals surface area contributed by atoms with Crippen molar-refractivity contribution in [2.24, 2.45) is 23.2 Å². The lowest BCUT2D eigenvalue weighted by molar-refractivity contribution is -0.159. The SMILES string of the molecule is C=C(CO)C(=O)OCC(COC(=O)C(C)(C)CO)C1CCC(CCc2ccc(CCCCCCC)c(Cl)c2)CC1. The molecule has 0 bridgehead atoms. The predicted molar refractivity (Wildman–Crippen MR) is 160 cm³/mol. The van der Waals surface area contributed by atoms with Gasteiger partial charge in [-0.2, -0.15) is 0 Å². The van der Waals surface area contributed by atoms with Crippen molar-refractivity contribution < 1.29 is 29.3 Å². The van der Waals surface area contributed by atoms with E-state index >= 15 is 0 Å². The molecule has 0 aromatic heterocycles. The van der Waals surface area contributed by atoms with Crippen LogP contribution < -0.4 is 0 Å². The average Bonchev–Trinajstić information content (AvgIpc) is 2.96. The number of hydrogen-bond donors (Lipinski definition) is 2. The van der Waals surface area contributed by atoms with Crippen LogP contribution in [-0.2, 0) is 31.9 Å². The monoisotopic (exact) mass is 578 g/mol. The van der Waals surface area contributed by atoms with Crippen LogP contribution in [0.3, 0.4) is 0 Å². The van der Waals surface area contributed by atoms with Gasteiger partial charge in [0.2, 0.25) is 0 Å². The van der Waals surface area contributed by atoms with Gasteiger partial charge in [0, 0.05) is 10.9 Å². The first-order valence-corrected chi connectivity index (χ1v) is 15.5. The molecule has 1 atom stereocenters. The van der Waals surface area contributed by atoms with Gasteiger partial charge in [0.15, 0.2) is 0 Å². The van der Waals surface area contributed by atoms with Gasteiger partial charge in [-0.1, -0.05) is 75.8 Å². The molecule has 2 N–H and O–H groups in total. The Hall–Kier alpha value is -1.89. The number of aliphatic hydroxyl groups excluding tert-OH is 2. The van der Waals surface area contributed by atoms with Gasteiger partial charge in [-0.15, -0.1) is 0 Å². The maximum absolute atomic E-state index is 12.4. The van der Waals surface area contributed by atoms with E-state index < -0.39 is 24.0 Å². The summed E-state index contributed by atoms with van der Waals surface area (Å²) in [7, 11) is 0. The fraction of sp³-hybridized carbons (Fsp3) is 0.697. The molecule has 0 saturated heterocycles. The lowest BCUT2D eigenvalue weighted by atomic mass is 9.74. The van der Waals surface area contributed by atoms with Crippen LogP contribution in [0.4, 0.5) is 0 Å². The number of unbranched alkanes of at least 4 members (excludes halogenated alkanes) is 4. The molecular formula is C33H51ClO6. The van der Waals surface area contributed by atoms with Gasteiger partial charge in [0.05, 0.1) is 37.4 Å². The Morgan fingerprint density at radius 1 is 1.02 bits per heavy atom. The minimum absolute atomic E-state index is 0.000904. The minimum Gasteiger partial charge on any atom is -0.465 e. The minimum atomic E-state index is -0.986. The van der Waals surface area contributed by atoms with E-state index in [1.54, 1.807) is 13.8 Å². The van der Waals surface area contributed by atoms with Crippen LogP contribution in [0.5, 0.6) is 0 Å². The van der Waals surface area contributed by atoms with Crippen molar-refractivity contribution >= 4 is 23.5 Å². The molecule has 2 rings (SSSR count). The number of esters is 2. The molecule has 1 unspecified atom stereocenters. The summed E-state index contributed by atoms with van der Waals surface area (Å²) in [5, 5.41) is 19.5. The van der Waals surface area contributed by atoms with Crippen molar-refractivity contribution in [3.63, 3.8) is 0 Å². The summed E-state index contributed by atoms with van der Waals surface area (Å²) in [6.07, 6.45) is 13.5. The zero-order valence-electron chi connectivity index (χ0n) is 24.9. The van der Waals surface area contributed by atoms with Gasteiger partial charge < -0.3 is 19.7 Å². The first-order valence-electron chi connectivity index (χ1n) is 15.1. The number of benzene rings is 1. The van der Waals surface area contributed by atoms with Crippen molar-refractivity contribution in [1.82, 2.24) is 0 Å². The highest BCUT2D eigenvalue weighted by atomic mass is 35.5. The van der Waals surface area contributed by atoms with Gasteiger partial charge in [0.25, 0.3) is 0 Å². The Bertz CT molecular complexity index is 935. The highest BCUT2D eigenvalue weighted by molar-refractivity contribution is 6.31. The van der Waals surface area contributed by atoms with E-state index in [-0.39, 0.29) is 37.2 Å². The number of rotatable bonds is 18. The highest BCUT2D eigenvalue weighted by Gasteiger charge is 2.33. The normalized spacial score (nSPS) is 18.2. The summed E-state index contributed by atoms with van der Waals surface area (Å²) in [6.45, 7) is 8.49. The molecule has 6 nitrogen and oxygen atoms in total. The number of ether oxygens (including phenoxy) is 2. The number of halogens is 1. The van der Waals surface area contributed by atoms with E-state index in [2.05, 4.69) is 31.7 Å². The zero-order valence-corrected chi connectivity index (χ0v) is 25.6. The van der Waals surface area contributed by atoms with Gasteiger partial charge in [0.1, 0.15) is 0 Å². The number of aryl methyl sites for hydroxylation is 2. The maximum Gasteiger partial charge on any atom is 0.335 e. The Kier molecular flexibility index (Phi) is 15.3. The molecule has 1 saturated carbocycles. The van der Waals surface area contributed by atoms with Crippen molar-refractivity contribution in [2.45, 2.75) is 97.8 Å². The molecule has 1 aliphatic rings. The third-order valence-electron chi connectivity index (χ3n) is 8.35. The smallest absolute Gasteiger partial charge is 0.335 e. The third-order valence-corrected chi connectivity index (χ3v) is 8.70. The fourth-order valence-corrected chi connectivity index (χ4v) is 5.60. The Balaban J connectivity index is 1.86. The molecule has 40 heavy (non-hydrogen) atoms. The Morgan fingerprint density at radius 3 is 2.33 bits per heavy atom. The second kappa shape index (κ2) is 17.8. The zero-order chi connectivity index (χ0) is 29.5. The lowest BCUT2D eigenvalue weighted by Gasteiger charge is -2.34. The van der Waals surface area contributed by atoms with Crippen LogP contribution in [-0.4, -0.2) is 48.6 Å². The van der Waals surface area contributed by atoms with E-state index in [0.29, 0.717) is 5.92 Å². The summed E-state index contributed by atoms with van der Waals surface area (Å²) in [5.74, 6) is -0.391. The van der Waals surface area contributed by atoms with Gasteiger partial charge >= 0.3 is 11.9 Å². The molecule has 226 valence electrons. The molecule has 0 amide bonds. The first-order chi connectivity index (χ1) is 19.1. The highest BCUT2D eigenvalue weighted by Crippen LogP contribution is 2.36. The number of aliphatic hydroxyl groups is 2. The van der Waals surface area contributed by atoms with Crippen molar-refractivity contribution in [1.29, 1.82) is 0 Å². The van der Waals surface area contributed by atoms with E-state index in [1.165, 1.54) is 43.2 Å². The number of hydrogen-bond acceptors (Lipinski definition) is 6. The second-order valence-corrected chi connectivity index (χ2v) is 12.6. The second-order valence-electron chi connectivity index (χ2n) is 12.2. The molecule has 1 aromatic carbocycles. The summed E-state index contributed by atoms with van der Waals surface area (Å²) >= 11 is 6.61. The Labute approximate surface area is 246 Å². The summed E-state index contributed by atoms with van der Waals surface area (Å²) in [5.41, 5.74) is 1.55. The number of carbonyl (C=O) groups is 2. The molecule has 0 aliphatic heterocycles. The summed E-state index contributed by atoms with van der Waals surface area (Å²) < 4.78 is 10.9. The molecule has 1 fully saturated rings. The number of carbonyl (C=O) groups excluding carboxylic acids is 2. The molecule has 1 aliphatic carbocycles. The molecule has 0 spiro atoms. The van der Waals surface area contributed by atoms with E-state index in [9.17, 15) is 14.7 Å². The largest absolute Gasteiger partial charge is 0.465 e. The lowest BCUT2D eigenvalue weighted by Crippen LogP contribution is -2.35. The van der Waals surface area contributed by atoms with Crippen molar-refractivity contribution in [3.8, 4) is 0 Å². The van der Waals surface area contributed by atoms with Gasteiger partial charge in [-0.25, -0.2) is 4.79 Å². The molecule has 7 heteroatoms. The van der Waals surface area contributed by atoms with Gasteiger partial charge in [-0.3, -0.25) is 4.79 Å². The van der Waals surface area contributed by atoms with Crippen molar-refractivity contribution in [2.75, 3.05) is 26.4 Å². The van der Waals surface area contributed by atoms with Crippen LogP contribution in [0.15, 0.2) is 30.4 Å². The standard InChI is InChI=1S/C33H51ClO6/c1-5-6-7-8-9-10-28-18-15-26(19-30(28)34)12-11-25-13-16-27(17-14-25)29(21-39-31(37)24(2)20-35)22-40-32(38)33(3,4)23-36/h15,18-19,25,27,29,35-36H,2,5-14,16-17,20-23H2,1,3-4H3. The fourth-order valence-electron chi connectivity index (χ4n) is 5.30. The van der Waals surface area contributed by atoms with Crippen LogP contribution in [0.2, 0.25) is 5.02 Å². The van der Waals surface area contributed by atoms with Crippen LogP contribution in [0.25, 0.3) is 0 Å². The molecule has 0 heterocycles. The summed E-state index contributed by atoms with van der Waals surface area (Å²) in [6, 6.07) is 6.57. The Morgan fingerprint density at radius 2 is 1.70 bits per heavy atom. The topological polar surface area (TPSA) is 93.1 Å². The maximum atomic E-state index is 12.4. The predicted octanol–water partition coefficient (Wildman–Crippen LogP) is 6.86. The van der Waals surface area contributed by atoms with Gasteiger partial charge in [-0.05, 0) is 81.4 Å². The third kappa shape index (κ3) is 11.5. The average molecular weight is 579 g/mol. The van der Waals surface area contributed by atoms with Crippen LogP contribution in [0, 0.1) is 23.2 Å². The van der Waals surface area contributed by atoms with E-state index in [0.717, 1.165) is 50.0 Å². The van der Waals surface area contributed by atoms with Crippen molar-refractivity contribution in [3.05, 3.63) is 46.5 Å². The van der Waals surface area contributed by atoms with E-state index in [1.807, 2.05) is 0 Å². The molecule has 0 radical (unpaired) electrons. The first kappa shape index (κ1) is 34.3. The van der Waals surface area contributed by atoms with Crippen LogP contribution in [0.1, 0.15) is 96.1 Å². The van der Waals surface area contributed by atoms with Crippen LogP contribution >= 0.6 is 11.6 Å². The molecular weight excluding hydrogens is 528 g/mol. The molecule has 1 aromatic rings. The van der Waals surface area contributed by atoms with E-state index in [4.69, 9.17) is 26.2 Å². The quantitative estimate of drug-likeness (QED) is 0.112.